The molecule has 7 heteroatoms. The maximum Gasteiger partial charge on any atom is 0.338 e. The first-order valence-electron chi connectivity index (χ1n) is 5.06. The molecule has 0 aliphatic heterocycles. The Bertz CT molecular complexity index is 612. The third-order valence-electron chi connectivity index (χ3n) is 2.44. The maximum atomic E-state index is 11.2. The summed E-state index contributed by atoms with van der Waals surface area (Å²) in [5, 5.41) is 17.9. The van der Waals surface area contributed by atoms with Gasteiger partial charge in [0.25, 0.3) is 0 Å². The van der Waals surface area contributed by atoms with Crippen molar-refractivity contribution in [3.8, 4) is 0 Å². The van der Waals surface area contributed by atoms with E-state index in [2.05, 4.69) is 10.2 Å². The molecule has 0 fully saturated rings. The van der Waals surface area contributed by atoms with Crippen LogP contribution < -0.4 is 0 Å². The molecule has 0 unspecified atom stereocenters. The molecule has 94 valence electrons. The second-order valence-corrected chi connectivity index (χ2v) is 5.03. The summed E-state index contributed by atoms with van der Waals surface area (Å²) in [7, 11) is 1.82. The van der Waals surface area contributed by atoms with Crippen molar-refractivity contribution in [3.63, 3.8) is 0 Å². The molecule has 0 amide bonds. The van der Waals surface area contributed by atoms with Gasteiger partial charge in [-0.15, -0.1) is 10.2 Å². The third-order valence-corrected chi connectivity index (χ3v) is 3.86. The molecule has 1 aromatic carbocycles. The standard InChI is InChI=1S/C11H10ClN3O2S/c1-6-13-14-11(15(6)2)18-8-5-3-4-7(12)9(8)10(16)17/h3-5H,1-2H3,(H,16,17). The Morgan fingerprint density at radius 2 is 2.17 bits per heavy atom. The first-order valence-corrected chi connectivity index (χ1v) is 6.26. The van der Waals surface area contributed by atoms with Crippen LogP contribution >= 0.6 is 23.4 Å². The van der Waals surface area contributed by atoms with Crippen LogP contribution in [0.1, 0.15) is 16.2 Å². The first-order chi connectivity index (χ1) is 8.50. The van der Waals surface area contributed by atoms with Gasteiger partial charge < -0.3 is 9.67 Å². The summed E-state index contributed by atoms with van der Waals surface area (Å²) >= 11 is 7.13. The highest BCUT2D eigenvalue weighted by atomic mass is 35.5. The molecule has 2 rings (SSSR count). The van der Waals surface area contributed by atoms with Gasteiger partial charge in [0.05, 0.1) is 10.6 Å². The van der Waals surface area contributed by atoms with Crippen molar-refractivity contribution in [2.45, 2.75) is 17.0 Å². The second-order valence-electron chi connectivity index (χ2n) is 3.61. The summed E-state index contributed by atoms with van der Waals surface area (Å²) in [5.41, 5.74) is 0.0878. The number of aromatic nitrogens is 3. The molecule has 2 aromatic rings. The molecule has 0 radical (unpaired) electrons. The first kappa shape index (κ1) is 12.9. The lowest BCUT2D eigenvalue weighted by molar-refractivity contribution is 0.0693. The van der Waals surface area contributed by atoms with E-state index in [4.69, 9.17) is 16.7 Å². The monoisotopic (exact) mass is 283 g/mol. The minimum absolute atomic E-state index is 0.0878. The molecule has 18 heavy (non-hydrogen) atoms. The molecule has 0 aliphatic rings. The number of rotatable bonds is 3. The Morgan fingerprint density at radius 3 is 2.72 bits per heavy atom. The lowest BCUT2D eigenvalue weighted by Gasteiger charge is -2.06. The van der Waals surface area contributed by atoms with E-state index in [1.807, 2.05) is 14.0 Å². The Morgan fingerprint density at radius 1 is 1.44 bits per heavy atom. The Labute approximate surface area is 113 Å². The fourth-order valence-electron chi connectivity index (χ4n) is 1.37. The number of halogens is 1. The Kier molecular flexibility index (Phi) is 3.58. The van der Waals surface area contributed by atoms with Crippen molar-refractivity contribution in [2.75, 3.05) is 0 Å². The normalized spacial score (nSPS) is 10.6. The molecule has 5 nitrogen and oxygen atoms in total. The van der Waals surface area contributed by atoms with Crippen LogP contribution in [0.5, 0.6) is 0 Å². The summed E-state index contributed by atoms with van der Waals surface area (Å²) in [6, 6.07) is 4.96. The van der Waals surface area contributed by atoms with E-state index >= 15 is 0 Å². The van der Waals surface area contributed by atoms with Crippen molar-refractivity contribution < 1.29 is 9.90 Å². The second kappa shape index (κ2) is 4.99. The van der Waals surface area contributed by atoms with Crippen LogP contribution in [0.4, 0.5) is 0 Å². The van der Waals surface area contributed by atoms with Gasteiger partial charge in [-0.3, -0.25) is 0 Å². The average Bonchev–Trinajstić information content (AvgIpc) is 2.60. The predicted octanol–water partition coefficient (Wildman–Crippen LogP) is 2.63. The molecule has 0 saturated heterocycles. The van der Waals surface area contributed by atoms with Crippen molar-refractivity contribution >= 4 is 29.3 Å². The molecule has 0 saturated carbocycles. The van der Waals surface area contributed by atoms with E-state index in [0.29, 0.717) is 10.1 Å². The van der Waals surface area contributed by atoms with Crippen molar-refractivity contribution in [2.24, 2.45) is 7.05 Å². The van der Waals surface area contributed by atoms with Crippen molar-refractivity contribution in [1.82, 2.24) is 14.8 Å². The number of nitrogens with zero attached hydrogens (tertiary/aromatic N) is 3. The van der Waals surface area contributed by atoms with Gasteiger partial charge in [0.15, 0.2) is 5.16 Å². The molecule has 1 heterocycles. The van der Waals surface area contributed by atoms with Gasteiger partial charge >= 0.3 is 5.97 Å². The van der Waals surface area contributed by atoms with Crippen molar-refractivity contribution in [3.05, 3.63) is 34.6 Å². The highest BCUT2D eigenvalue weighted by molar-refractivity contribution is 7.99. The van der Waals surface area contributed by atoms with Crippen LogP contribution in [0.25, 0.3) is 0 Å². The number of hydrogen-bond donors (Lipinski definition) is 1. The van der Waals surface area contributed by atoms with E-state index < -0.39 is 5.97 Å². The Hall–Kier alpha value is -1.53. The van der Waals surface area contributed by atoms with E-state index in [0.717, 1.165) is 5.82 Å². The van der Waals surface area contributed by atoms with E-state index in [1.54, 1.807) is 22.8 Å². The molecule has 1 aromatic heterocycles. The largest absolute Gasteiger partial charge is 0.478 e. The molecule has 0 atom stereocenters. The van der Waals surface area contributed by atoms with Gasteiger partial charge in [0, 0.05) is 11.9 Å². The number of carbonyl (C=O) groups is 1. The zero-order valence-corrected chi connectivity index (χ0v) is 11.3. The average molecular weight is 284 g/mol. The smallest absolute Gasteiger partial charge is 0.338 e. The van der Waals surface area contributed by atoms with Gasteiger partial charge in [0.2, 0.25) is 0 Å². The predicted molar refractivity (Wildman–Crippen MR) is 68.3 cm³/mol. The van der Waals surface area contributed by atoms with Crippen LogP contribution in [-0.2, 0) is 7.05 Å². The molecule has 0 bridgehead atoms. The number of carboxylic acid groups (broad SMARTS) is 1. The van der Waals surface area contributed by atoms with Crippen LogP contribution in [0.3, 0.4) is 0 Å². The lowest BCUT2D eigenvalue weighted by Crippen LogP contribution is -2.01. The maximum absolute atomic E-state index is 11.2. The van der Waals surface area contributed by atoms with E-state index in [-0.39, 0.29) is 10.6 Å². The summed E-state index contributed by atoms with van der Waals surface area (Å²) in [4.78, 5) is 11.7. The summed E-state index contributed by atoms with van der Waals surface area (Å²) in [6.45, 7) is 1.83. The topological polar surface area (TPSA) is 68.0 Å². The van der Waals surface area contributed by atoms with Crippen LogP contribution in [-0.4, -0.2) is 25.8 Å². The summed E-state index contributed by atoms with van der Waals surface area (Å²) in [6.07, 6.45) is 0. The van der Waals surface area contributed by atoms with Crippen molar-refractivity contribution in [1.29, 1.82) is 0 Å². The fourth-order valence-corrected chi connectivity index (χ4v) is 2.68. The number of aryl methyl sites for hydroxylation is 1. The van der Waals surface area contributed by atoms with E-state index in [1.165, 1.54) is 11.8 Å². The molecule has 0 aliphatic carbocycles. The van der Waals surface area contributed by atoms with Gasteiger partial charge in [0.1, 0.15) is 5.82 Å². The third kappa shape index (κ3) is 2.34. The molecule has 1 N–H and O–H groups in total. The van der Waals surface area contributed by atoms with Crippen LogP contribution in [0, 0.1) is 6.92 Å². The van der Waals surface area contributed by atoms with Crippen LogP contribution in [0.2, 0.25) is 5.02 Å². The summed E-state index contributed by atoms with van der Waals surface area (Å²) < 4.78 is 1.79. The van der Waals surface area contributed by atoms with Gasteiger partial charge in [-0.2, -0.15) is 0 Å². The van der Waals surface area contributed by atoms with Gasteiger partial charge in [-0.25, -0.2) is 4.79 Å². The zero-order chi connectivity index (χ0) is 13.3. The Balaban J connectivity index is 2.44. The molecular weight excluding hydrogens is 274 g/mol. The fraction of sp³-hybridized carbons (Fsp3) is 0.182. The van der Waals surface area contributed by atoms with Crippen LogP contribution in [0.15, 0.2) is 28.3 Å². The lowest BCUT2D eigenvalue weighted by atomic mass is 10.2. The SMILES string of the molecule is Cc1nnc(Sc2cccc(Cl)c2C(=O)O)n1C. The quantitative estimate of drug-likeness (QED) is 0.938. The highest BCUT2D eigenvalue weighted by Gasteiger charge is 2.17. The number of hydrogen-bond acceptors (Lipinski definition) is 4. The molecular formula is C11H10ClN3O2S. The minimum atomic E-state index is -1.05. The minimum Gasteiger partial charge on any atom is -0.478 e. The zero-order valence-electron chi connectivity index (χ0n) is 9.72. The summed E-state index contributed by atoms with van der Waals surface area (Å²) in [5.74, 6) is -0.293. The highest BCUT2D eigenvalue weighted by Crippen LogP contribution is 2.32. The van der Waals surface area contributed by atoms with Gasteiger partial charge in [-0.1, -0.05) is 17.7 Å². The number of carboxylic acids is 1. The van der Waals surface area contributed by atoms with E-state index in [9.17, 15) is 4.79 Å². The number of benzene rings is 1. The number of aromatic carboxylic acids is 1. The molecule has 0 spiro atoms. The van der Waals surface area contributed by atoms with Gasteiger partial charge in [-0.05, 0) is 30.8 Å².